The molecular formula is C20H19FN2O. The fourth-order valence-corrected chi connectivity index (χ4v) is 2.83. The van der Waals surface area contributed by atoms with Crippen molar-refractivity contribution in [3.05, 3.63) is 64.7 Å². The van der Waals surface area contributed by atoms with Gasteiger partial charge in [0, 0.05) is 18.7 Å². The number of hydrogen-bond donors (Lipinski definition) is 0. The Kier molecular flexibility index (Phi) is 4.90. The number of aromatic nitrogens is 1. The molecule has 1 fully saturated rings. The van der Waals surface area contributed by atoms with Crippen molar-refractivity contribution in [2.45, 2.75) is 26.2 Å². The lowest BCUT2D eigenvalue weighted by atomic mass is 10.1. The molecule has 1 saturated heterocycles. The van der Waals surface area contributed by atoms with E-state index < -0.39 is 0 Å². The van der Waals surface area contributed by atoms with Crippen LogP contribution < -0.4 is 0 Å². The summed E-state index contributed by atoms with van der Waals surface area (Å²) >= 11 is 0. The second kappa shape index (κ2) is 7.27. The summed E-state index contributed by atoms with van der Waals surface area (Å²) in [6.45, 7) is 3.46. The molecule has 0 spiro atoms. The average molecular weight is 322 g/mol. The molecule has 3 rings (SSSR count). The number of nitrogens with zero attached hydrogens (tertiary/aromatic N) is 2. The minimum atomic E-state index is -0.312. The predicted octanol–water partition coefficient (Wildman–Crippen LogP) is 3.56. The molecule has 1 aliphatic rings. The summed E-state index contributed by atoms with van der Waals surface area (Å²) in [5.74, 6) is 5.55. The van der Waals surface area contributed by atoms with Gasteiger partial charge in [-0.3, -0.25) is 4.79 Å². The Bertz CT molecular complexity index is 814. The number of piperidine rings is 1. The van der Waals surface area contributed by atoms with E-state index in [9.17, 15) is 9.18 Å². The van der Waals surface area contributed by atoms with Crippen molar-refractivity contribution in [3.63, 3.8) is 0 Å². The number of halogens is 1. The summed E-state index contributed by atoms with van der Waals surface area (Å²) < 4.78 is 13.2. The van der Waals surface area contributed by atoms with Crippen LogP contribution in [0, 0.1) is 24.6 Å². The van der Waals surface area contributed by atoms with Gasteiger partial charge in [-0.15, -0.1) is 0 Å². The van der Waals surface area contributed by atoms with E-state index in [0.29, 0.717) is 22.5 Å². The lowest BCUT2D eigenvalue weighted by Gasteiger charge is -2.27. The molecule has 2 heterocycles. The van der Waals surface area contributed by atoms with Gasteiger partial charge in [0.2, 0.25) is 0 Å². The minimum absolute atomic E-state index is 0.0457. The van der Waals surface area contributed by atoms with E-state index in [0.717, 1.165) is 25.9 Å². The van der Waals surface area contributed by atoms with E-state index in [1.165, 1.54) is 18.6 Å². The van der Waals surface area contributed by atoms with E-state index in [-0.39, 0.29) is 11.7 Å². The summed E-state index contributed by atoms with van der Waals surface area (Å²) in [7, 11) is 0. The SMILES string of the molecule is Cc1nc(C#Cc2cccc(F)c2)ccc1C(=O)N1CCCCC1. The first-order valence-corrected chi connectivity index (χ1v) is 8.18. The summed E-state index contributed by atoms with van der Waals surface area (Å²) in [4.78, 5) is 18.9. The molecule has 1 aromatic heterocycles. The van der Waals surface area contributed by atoms with Gasteiger partial charge in [-0.2, -0.15) is 0 Å². The molecule has 3 nitrogen and oxygen atoms in total. The smallest absolute Gasteiger partial charge is 0.255 e. The maximum Gasteiger partial charge on any atom is 0.255 e. The molecule has 0 radical (unpaired) electrons. The Balaban J connectivity index is 1.79. The molecule has 122 valence electrons. The molecule has 1 aliphatic heterocycles. The van der Waals surface area contributed by atoms with Crippen molar-refractivity contribution in [3.8, 4) is 11.8 Å². The Hall–Kier alpha value is -2.67. The molecule has 4 heteroatoms. The van der Waals surface area contributed by atoms with Crippen molar-refractivity contribution in [2.75, 3.05) is 13.1 Å². The first-order valence-electron chi connectivity index (χ1n) is 8.18. The number of amides is 1. The fourth-order valence-electron chi connectivity index (χ4n) is 2.83. The minimum Gasteiger partial charge on any atom is -0.339 e. The maximum atomic E-state index is 13.2. The van der Waals surface area contributed by atoms with Gasteiger partial charge in [0.15, 0.2) is 0 Å². The molecule has 0 atom stereocenters. The molecule has 2 aromatic rings. The summed E-state index contributed by atoms with van der Waals surface area (Å²) in [5.41, 5.74) is 2.49. The van der Waals surface area contributed by atoms with Crippen LogP contribution in [0.3, 0.4) is 0 Å². The highest BCUT2D eigenvalue weighted by molar-refractivity contribution is 5.95. The standard InChI is InChI=1S/C20H19FN2O/c1-15-19(20(24)23-12-3-2-4-13-23)11-10-18(22-15)9-8-16-6-5-7-17(21)14-16/h5-7,10-11,14H,2-4,12-13H2,1H3. The number of hydrogen-bond acceptors (Lipinski definition) is 2. The van der Waals surface area contributed by atoms with Gasteiger partial charge in [-0.25, -0.2) is 9.37 Å². The Morgan fingerprint density at radius 3 is 2.62 bits per heavy atom. The zero-order valence-corrected chi connectivity index (χ0v) is 13.7. The lowest BCUT2D eigenvalue weighted by Crippen LogP contribution is -2.36. The van der Waals surface area contributed by atoms with Crippen LogP contribution in [0.4, 0.5) is 4.39 Å². The van der Waals surface area contributed by atoms with Crippen LogP contribution in [-0.4, -0.2) is 28.9 Å². The van der Waals surface area contributed by atoms with E-state index in [4.69, 9.17) is 0 Å². The van der Waals surface area contributed by atoms with Gasteiger partial charge in [-0.05, 0) is 62.4 Å². The highest BCUT2D eigenvalue weighted by Crippen LogP contribution is 2.15. The summed E-state index contributed by atoms with van der Waals surface area (Å²) in [6, 6.07) is 9.67. The molecule has 0 N–H and O–H groups in total. The van der Waals surface area contributed by atoms with Gasteiger partial charge in [0.25, 0.3) is 5.91 Å². The van der Waals surface area contributed by atoms with Crippen molar-refractivity contribution >= 4 is 5.91 Å². The lowest BCUT2D eigenvalue weighted by molar-refractivity contribution is 0.0723. The number of rotatable bonds is 1. The summed E-state index contributed by atoms with van der Waals surface area (Å²) in [5, 5.41) is 0. The molecule has 0 bridgehead atoms. The highest BCUT2D eigenvalue weighted by Gasteiger charge is 2.20. The quantitative estimate of drug-likeness (QED) is 0.752. The highest BCUT2D eigenvalue weighted by atomic mass is 19.1. The second-order valence-electron chi connectivity index (χ2n) is 5.94. The van der Waals surface area contributed by atoms with Gasteiger partial charge >= 0.3 is 0 Å². The van der Waals surface area contributed by atoms with Crippen molar-refractivity contribution in [1.29, 1.82) is 0 Å². The molecule has 0 unspecified atom stereocenters. The topological polar surface area (TPSA) is 33.2 Å². The Morgan fingerprint density at radius 1 is 1.12 bits per heavy atom. The number of carbonyl (C=O) groups excluding carboxylic acids is 1. The van der Waals surface area contributed by atoms with E-state index in [1.807, 2.05) is 11.8 Å². The Morgan fingerprint density at radius 2 is 1.92 bits per heavy atom. The number of aryl methyl sites for hydroxylation is 1. The number of likely N-dealkylation sites (tertiary alicyclic amines) is 1. The van der Waals surface area contributed by atoms with Gasteiger partial charge in [0.05, 0.1) is 11.3 Å². The second-order valence-corrected chi connectivity index (χ2v) is 5.94. The van der Waals surface area contributed by atoms with Gasteiger partial charge < -0.3 is 4.90 Å². The molecule has 0 aliphatic carbocycles. The van der Waals surface area contributed by atoms with Crippen molar-refractivity contribution in [2.24, 2.45) is 0 Å². The average Bonchev–Trinajstić information content (AvgIpc) is 2.60. The van der Waals surface area contributed by atoms with Crippen LogP contribution in [0.2, 0.25) is 0 Å². The van der Waals surface area contributed by atoms with Crippen LogP contribution in [0.5, 0.6) is 0 Å². The van der Waals surface area contributed by atoms with Crippen LogP contribution in [0.15, 0.2) is 36.4 Å². The van der Waals surface area contributed by atoms with E-state index in [1.54, 1.807) is 24.3 Å². The first kappa shape index (κ1) is 16.2. The van der Waals surface area contributed by atoms with Crippen LogP contribution in [0.25, 0.3) is 0 Å². The molecule has 0 saturated carbocycles. The van der Waals surface area contributed by atoms with Crippen LogP contribution in [-0.2, 0) is 0 Å². The molecule has 1 amide bonds. The zero-order valence-electron chi connectivity index (χ0n) is 13.7. The van der Waals surface area contributed by atoms with Crippen molar-refractivity contribution < 1.29 is 9.18 Å². The van der Waals surface area contributed by atoms with Gasteiger partial charge in [-0.1, -0.05) is 12.0 Å². The zero-order chi connectivity index (χ0) is 16.9. The van der Waals surface area contributed by atoms with Crippen LogP contribution in [0.1, 0.15) is 46.6 Å². The molecule has 1 aromatic carbocycles. The maximum absolute atomic E-state index is 13.2. The van der Waals surface area contributed by atoms with Crippen LogP contribution >= 0.6 is 0 Å². The van der Waals surface area contributed by atoms with E-state index in [2.05, 4.69) is 16.8 Å². The third-order valence-corrected chi connectivity index (χ3v) is 4.12. The predicted molar refractivity (Wildman–Crippen MR) is 91.1 cm³/mol. The number of carbonyl (C=O) groups is 1. The number of pyridine rings is 1. The monoisotopic (exact) mass is 322 g/mol. The third-order valence-electron chi connectivity index (χ3n) is 4.12. The Labute approximate surface area is 141 Å². The van der Waals surface area contributed by atoms with Crippen molar-refractivity contribution in [1.82, 2.24) is 9.88 Å². The third kappa shape index (κ3) is 3.80. The van der Waals surface area contributed by atoms with E-state index >= 15 is 0 Å². The van der Waals surface area contributed by atoms with Gasteiger partial charge in [0.1, 0.15) is 11.5 Å². The summed E-state index contributed by atoms with van der Waals surface area (Å²) in [6.07, 6.45) is 3.32. The molecule has 24 heavy (non-hydrogen) atoms. The normalized spacial score (nSPS) is 14.0. The fraction of sp³-hybridized carbons (Fsp3) is 0.300. The largest absolute Gasteiger partial charge is 0.339 e. The number of benzene rings is 1. The molecular weight excluding hydrogens is 303 g/mol. The first-order chi connectivity index (χ1) is 11.6.